The Morgan fingerprint density at radius 1 is 1.00 bits per heavy atom. The summed E-state index contributed by atoms with van der Waals surface area (Å²) in [5.41, 5.74) is 1.60. The van der Waals surface area contributed by atoms with Gasteiger partial charge >= 0.3 is 6.18 Å². The van der Waals surface area contributed by atoms with Crippen molar-refractivity contribution < 1.29 is 17.9 Å². The topological polar surface area (TPSA) is 116 Å². The lowest BCUT2D eigenvalue weighted by Gasteiger charge is -2.22. The Kier molecular flexibility index (Phi) is 6.40. The van der Waals surface area contributed by atoms with Gasteiger partial charge in [-0.2, -0.15) is 23.3 Å². The van der Waals surface area contributed by atoms with Gasteiger partial charge in [0.25, 0.3) is 0 Å². The van der Waals surface area contributed by atoms with E-state index in [0.29, 0.717) is 35.8 Å². The molecule has 40 heavy (non-hydrogen) atoms. The minimum atomic E-state index is -4.43. The van der Waals surface area contributed by atoms with Crippen molar-refractivity contribution in [1.82, 2.24) is 34.7 Å². The van der Waals surface area contributed by atoms with Gasteiger partial charge in [-0.15, -0.1) is 0 Å². The summed E-state index contributed by atoms with van der Waals surface area (Å²) >= 11 is 0. The lowest BCUT2D eigenvalue weighted by atomic mass is 10.1. The van der Waals surface area contributed by atoms with Crippen LogP contribution in [0.2, 0.25) is 0 Å². The SMILES string of the molecule is CCOc1ccc(-c2ccc3nc(NCc4ccc(-n5cncn5)cc4)nc(NC4(C(F)(F)F)CC4)c3n2)cn1. The van der Waals surface area contributed by atoms with Crippen molar-refractivity contribution in [3.63, 3.8) is 0 Å². The van der Waals surface area contributed by atoms with Gasteiger partial charge in [-0.1, -0.05) is 12.1 Å². The molecule has 0 radical (unpaired) electrons. The molecule has 5 aromatic rings. The van der Waals surface area contributed by atoms with Crippen LogP contribution in [-0.4, -0.2) is 53.0 Å². The number of hydrogen-bond acceptors (Lipinski definition) is 9. The second kappa shape index (κ2) is 10.1. The molecule has 0 atom stereocenters. The van der Waals surface area contributed by atoms with Crippen molar-refractivity contribution in [1.29, 1.82) is 0 Å². The highest BCUT2D eigenvalue weighted by molar-refractivity contribution is 5.88. The van der Waals surface area contributed by atoms with Crippen molar-refractivity contribution in [2.75, 3.05) is 17.2 Å². The number of rotatable bonds is 9. The molecule has 2 N–H and O–H groups in total. The summed E-state index contributed by atoms with van der Waals surface area (Å²) in [5.74, 6) is 0.678. The van der Waals surface area contributed by atoms with Crippen LogP contribution in [0.25, 0.3) is 28.0 Å². The maximum Gasteiger partial charge on any atom is 0.411 e. The molecule has 0 bridgehead atoms. The largest absolute Gasteiger partial charge is 0.478 e. The van der Waals surface area contributed by atoms with Gasteiger partial charge in [0.05, 0.1) is 23.5 Å². The molecule has 1 aromatic carbocycles. The van der Waals surface area contributed by atoms with E-state index in [-0.39, 0.29) is 30.1 Å². The van der Waals surface area contributed by atoms with E-state index in [4.69, 9.17) is 4.74 Å². The monoisotopic (exact) mass is 547 g/mol. The number of nitrogens with one attached hydrogen (secondary N) is 2. The average Bonchev–Trinajstić information content (AvgIpc) is 3.55. The number of alkyl halides is 3. The number of aromatic nitrogens is 7. The molecular formula is C27H24F3N9O. The number of hydrogen-bond donors (Lipinski definition) is 2. The number of halogens is 3. The summed E-state index contributed by atoms with van der Waals surface area (Å²) in [5, 5.41) is 9.88. The Labute approximate surface area is 226 Å². The summed E-state index contributed by atoms with van der Waals surface area (Å²) in [6.07, 6.45) is 0.159. The first-order valence-corrected chi connectivity index (χ1v) is 12.6. The zero-order valence-electron chi connectivity index (χ0n) is 21.4. The summed E-state index contributed by atoms with van der Waals surface area (Å²) in [7, 11) is 0. The number of ether oxygens (including phenoxy) is 1. The van der Waals surface area contributed by atoms with Crippen molar-refractivity contribution >= 4 is 22.8 Å². The minimum Gasteiger partial charge on any atom is -0.478 e. The van der Waals surface area contributed by atoms with Crippen LogP contribution in [0.4, 0.5) is 24.9 Å². The number of fused-ring (bicyclic) bond motifs is 1. The molecule has 4 aromatic heterocycles. The fraction of sp³-hybridized carbons (Fsp3) is 0.259. The van der Waals surface area contributed by atoms with Gasteiger partial charge in [0, 0.05) is 24.4 Å². The van der Waals surface area contributed by atoms with E-state index in [2.05, 4.69) is 40.7 Å². The second-order valence-electron chi connectivity index (χ2n) is 9.34. The molecule has 0 unspecified atom stereocenters. The summed E-state index contributed by atoms with van der Waals surface area (Å²) in [6.45, 7) is 2.71. The number of benzene rings is 1. The van der Waals surface area contributed by atoms with E-state index in [1.165, 1.54) is 6.33 Å². The van der Waals surface area contributed by atoms with Gasteiger partial charge in [-0.05, 0) is 55.7 Å². The third-order valence-corrected chi connectivity index (χ3v) is 6.59. The third kappa shape index (κ3) is 5.09. The molecule has 1 aliphatic carbocycles. The van der Waals surface area contributed by atoms with Crippen molar-refractivity contribution in [3.8, 4) is 22.8 Å². The molecule has 6 rings (SSSR count). The Bertz CT molecular complexity index is 1620. The molecule has 0 aliphatic heterocycles. The second-order valence-corrected chi connectivity index (χ2v) is 9.34. The van der Waals surface area contributed by atoms with Crippen LogP contribution >= 0.6 is 0 Å². The van der Waals surface area contributed by atoms with Crippen molar-refractivity contribution in [2.45, 2.75) is 38.0 Å². The van der Waals surface area contributed by atoms with Crippen LogP contribution in [0, 0.1) is 0 Å². The first kappa shape index (κ1) is 25.5. The van der Waals surface area contributed by atoms with E-state index in [1.54, 1.807) is 41.5 Å². The van der Waals surface area contributed by atoms with Gasteiger partial charge < -0.3 is 15.4 Å². The quantitative estimate of drug-likeness (QED) is 0.257. The maximum atomic E-state index is 13.9. The predicted octanol–water partition coefficient (Wildman–Crippen LogP) is 5.19. The predicted molar refractivity (Wildman–Crippen MR) is 142 cm³/mol. The van der Waals surface area contributed by atoms with E-state index in [0.717, 1.165) is 11.3 Å². The van der Waals surface area contributed by atoms with Crippen LogP contribution in [0.5, 0.6) is 5.88 Å². The summed E-state index contributed by atoms with van der Waals surface area (Å²) in [4.78, 5) is 21.8. The third-order valence-electron chi connectivity index (χ3n) is 6.59. The van der Waals surface area contributed by atoms with Gasteiger partial charge in [0.15, 0.2) is 5.82 Å². The molecule has 13 heteroatoms. The number of pyridine rings is 2. The molecule has 1 saturated carbocycles. The molecule has 204 valence electrons. The smallest absolute Gasteiger partial charge is 0.411 e. The van der Waals surface area contributed by atoms with Crippen LogP contribution in [0.15, 0.2) is 67.4 Å². The standard InChI is InChI=1S/C27H24F3N9O/c1-2-40-22-10-5-18(14-32-22)20-8-9-21-23(35-20)24(38-26(11-12-26)27(28,29)30)37-25(36-21)33-13-17-3-6-19(7-4-17)39-16-31-15-34-39/h3-10,14-16H,2,11-13H2,1H3,(H2,33,36,37,38). The molecule has 1 fully saturated rings. The van der Waals surface area contributed by atoms with Gasteiger partial charge in [0.2, 0.25) is 11.8 Å². The zero-order chi connectivity index (χ0) is 27.7. The highest BCUT2D eigenvalue weighted by Gasteiger charge is 2.64. The fourth-order valence-electron chi connectivity index (χ4n) is 4.23. The number of nitrogens with zero attached hydrogens (tertiary/aromatic N) is 7. The first-order valence-electron chi connectivity index (χ1n) is 12.6. The Morgan fingerprint density at radius 3 is 2.48 bits per heavy atom. The fourth-order valence-corrected chi connectivity index (χ4v) is 4.23. The Balaban J connectivity index is 1.30. The molecular weight excluding hydrogens is 523 g/mol. The normalized spacial score (nSPS) is 14.2. The Morgan fingerprint density at radius 2 is 1.82 bits per heavy atom. The van der Waals surface area contributed by atoms with Crippen LogP contribution in [0.3, 0.4) is 0 Å². The molecule has 10 nitrogen and oxygen atoms in total. The maximum absolute atomic E-state index is 13.9. The summed E-state index contributed by atoms with van der Waals surface area (Å²) in [6, 6.07) is 14.6. The number of anilines is 2. The van der Waals surface area contributed by atoms with E-state index in [1.807, 2.05) is 31.2 Å². The van der Waals surface area contributed by atoms with Gasteiger partial charge in [-0.25, -0.2) is 24.6 Å². The van der Waals surface area contributed by atoms with E-state index < -0.39 is 11.7 Å². The molecule has 0 spiro atoms. The van der Waals surface area contributed by atoms with Crippen LogP contribution in [0.1, 0.15) is 25.3 Å². The first-order chi connectivity index (χ1) is 19.3. The van der Waals surface area contributed by atoms with Crippen LogP contribution in [-0.2, 0) is 6.54 Å². The van der Waals surface area contributed by atoms with E-state index >= 15 is 0 Å². The van der Waals surface area contributed by atoms with E-state index in [9.17, 15) is 13.2 Å². The lowest BCUT2D eigenvalue weighted by molar-refractivity contribution is -0.151. The van der Waals surface area contributed by atoms with Crippen molar-refractivity contribution in [2.24, 2.45) is 0 Å². The minimum absolute atomic E-state index is 0.0181. The molecule has 0 amide bonds. The highest BCUT2D eigenvalue weighted by Crippen LogP contribution is 2.51. The van der Waals surface area contributed by atoms with Gasteiger partial charge in [0.1, 0.15) is 23.7 Å². The highest BCUT2D eigenvalue weighted by atomic mass is 19.4. The summed E-state index contributed by atoms with van der Waals surface area (Å²) < 4.78 is 48.6. The molecule has 0 saturated heterocycles. The lowest BCUT2D eigenvalue weighted by Crippen LogP contribution is -2.39. The van der Waals surface area contributed by atoms with Gasteiger partial charge in [-0.3, -0.25) is 0 Å². The zero-order valence-corrected chi connectivity index (χ0v) is 21.4. The molecule has 1 aliphatic rings. The Hall–Kier alpha value is -4.81. The van der Waals surface area contributed by atoms with Crippen LogP contribution < -0.4 is 15.4 Å². The molecule has 4 heterocycles. The average molecular weight is 548 g/mol. The van der Waals surface area contributed by atoms with Crippen molar-refractivity contribution in [3.05, 3.63) is 72.9 Å².